The third kappa shape index (κ3) is 4.33. The van der Waals surface area contributed by atoms with Crippen LogP contribution in [0.2, 0.25) is 0 Å². The summed E-state index contributed by atoms with van der Waals surface area (Å²) in [5.74, 6) is 1.35. The number of furan rings is 1. The maximum absolute atomic E-state index is 6.60. The highest BCUT2D eigenvalue weighted by Crippen LogP contribution is 2.44. The first-order chi connectivity index (χ1) is 27.7. The molecule has 0 bridgehead atoms. The van der Waals surface area contributed by atoms with Crippen LogP contribution in [0.1, 0.15) is 46.9 Å². The highest BCUT2D eigenvalue weighted by atomic mass is 16.5. The normalized spacial score (nSPS) is 19.0. The lowest BCUT2D eigenvalue weighted by atomic mass is 9.85. The summed E-state index contributed by atoms with van der Waals surface area (Å²) in [4.78, 5) is 0. The van der Waals surface area contributed by atoms with E-state index in [-0.39, 0.29) is 17.9 Å². The highest BCUT2D eigenvalue weighted by Gasteiger charge is 2.34. The lowest BCUT2D eigenvalue weighted by Crippen LogP contribution is -2.32. The van der Waals surface area contributed by atoms with Gasteiger partial charge in [0.15, 0.2) is 0 Å². The largest absolute Gasteiger partial charge is 0.485 e. The molecule has 4 aliphatic rings. The predicted molar refractivity (Wildman–Crippen MR) is 233 cm³/mol. The summed E-state index contributed by atoms with van der Waals surface area (Å²) >= 11 is 0. The van der Waals surface area contributed by atoms with Gasteiger partial charge in [-0.25, -0.2) is 0 Å². The molecule has 264 valence electrons. The monoisotopic (exact) mass is 716 g/mol. The fraction of sp³-hybridized carbons (Fsp3) is 0.111. The van der Waals surface area contributed by atoms with Gasteiger partial charge in [-0.15, -0.1) is 0 Å². The van der Waals surface area contributed by atoms with Crippen molar-refractivity contribution in [3.05, 3.63) is 177 Å². The second kappa shape index (κ2) is 11.4. The van der Waals surface area contributed by atoms with Crippen LogP contribution < -0.4 is 25.8 Å². The number of rotatable bonds is 2. The van der Waals surface area contributed by atoms with E-state index >= 15 is 0 Å². The van der Waals surface area contributed by atoms with Crippen molar-refractivity contribution in [1.29, 1.82) is 0 Å². The molecule has 0 saturated carbocycles. The average Bonchev–Trinajstić information content (AvgIpc) is 3.81. The van der Waals surface area contributed by atoms with E-state index in [0.717, 1.165) is 36.0 Å². The van der Waals surface area contributed by atoms with Crippen LogP contribution in [0.4, 0.5) is 0 Å². The third-order valence-electron chi connectivity index (χ3n) is 13.2. The second-order valence-corrected chi connectivity index (χ2v) is 16.1. The molecule has 0 N–H and O–H groups in total. The molecule has 2 nitrogen and oxygen atoms in total. The molecule has 3 atom stereocenters. The van der Waals surface area contributed by atoms with E-state index in [2.05, 4.69) is 164 Å². The molecular formula is C54H36O2. The zero-order valence-electron chi connectivity index (χ0n) is 30.8. The molecule has 0 fully saturated rings. The molecule has 0 saturated heterocycles. The molecule has 1 aromatic heterocycles. The Bertz CT molecular complexity index is 3510. The van der Waals surface area contributed by atoms with Crippen molar-refractivity contribution >= 4 is 84.4 Å². The highest BCUT2D eigenvalue weighted by molar-refractivity contribution is 6.14. The molecule has 0 amide bonds. The molecule has 0 spiro atoms. The van der Waals surface area contributed by atoms with E-state index in [1.165, 1.54) is 97.5 Å². The SMILES string of the molecule is C1=Cc2c(c3ccccc3c3cc(-c4ccc5c(c4)C4C=c6c(oc7ccc(C8C=c9c(c%10ccccc%10c%10ccccc9%10)=CC8)cc67)=CC4O5)ccc23)CC1. The first kappa shape index (κ1) is 30.7. The van der Waals surface area contributed by atoms with Gasteiger partial charge in [0.2, 0.25) is 0 Å². The fourth-order valence-electron chi connectivity index (χ4n) is 10.5. The van der Waals surface area contributed by atoms with Gasteiger partial charge >= 0.3 is 0 Å². The Kier molecular flexibility index (Phi) is 6.27. The number of benzene rings is 8. The van der Waals surface area contributed by atoms with E-state index in [0.29, 0.717) is 0 Å². The number of allylic oxidation sites excluding steroid dienone is 1. The predicted octanol–water partition coefficient (Wildman–Crippen LogP) is 10.5. The van der Waals surface area contributed by atoms with Gasteiger partial charge in [0, 0.05) is 34.1 Å². The van der Waals surface area contributed by atoms with Crippen LogP contribution in [0, 0.1) is 0 Å². The first-order valence-corrected chi connectivity index (χ1v) is 20.1. The van der Waals surface area contributed by atoms with Crippen molar-refractivity contribution in [3.8, 4) is 16.9 Å². The van der Waals surface area contributed by atoms with Gasteiger partial charge in [0.05, 0.1) is 0 Å². The molecular weight excluding hydrogens is 681 g/mol. The lowest BCUT2D eigenvalue weighted by Gasteiger charge is -2.18. The summed E-state index contributed by atoms with van der Waals surface area (Å²) in [6.45, 7) is 0. The molecule has 2 heterocycles. The summed E-state index contributed by atoms with van der Waals surface area (Å²) in [5.41, 5.74) is 9.71. The van der Waals surface area contributed by atoms with Crippen LogP contribution in [0.3, 0.4) is 0 Å². The molecule has 2 heteroatoms. The topological polar surface area (TPSA) is 22.4 Å². The molecule has 13 rings (SSSR count). The van der Waals surface area contributed by atoms with Crippen molar-refractivity contribution in [2.24, 2.45) is 0 Å². The number of hydrogen-bond acceptors (Lipinski definition) is 2. The van der Waals surface area contributed by atoms with E-state index in [1.54, 1.807) is 0 Å². The number of aryl methyl sites for hydroxylation is 1. The molecule has 8 aromatic carbocycles. The standard InChI is InChI=1S/C54H36O2/c1-3-13-39-35(9-1)37-11-5-7-15-41(37)45-25-31(17-21-43(39)45)33-19-23-51-47(27-33)49-29-50-48-28-34(20-24-52(48)56-54(50)30-53(49)55-51)32-18-22-44-40-14-4-2-10-36(40)38-12-6-8-16-42(38)46(44)26-32/h1,3-9,11-16,18-31,50,54H,2,10,17H2. The zero-order valence-corrected chi connectivity index (χ0v) is 30.8. The zero-order chi connectivity index (χ0) is 36.5. The smallest absolute Gasteiger partial charge is 0.135 e. The van der Waals surface area contributed by atoms with Gasteiger partial charge in [0.25, 0.3) is 0 Å². The Labute approximate surface area is 323 Å². The van der Waals surface area contributed by atoms with Gasteiger partial charge in [-0.2, -0.15) is 0 Å². The van der Waals surface area contributed by atoms with E-state index in [9.17, 15) is 0 Å². The molecule has 3 aliphatic carbocycles. The van der Waals surface area contributed by atoms with E-state index < -0.39 is 0 Å². The van der Waals surface area contributed by atoms with Gasteiger partial charge < -0.3 is 9.15 Å². The van der Waals surface area contributed by atoms with Crippen molar-refractivity contribution in [2.45, 2.75) is 37.2 Å². The Balaban J connectivity index is 0.910. The van der Waals surface area contributed by atoms with Crippen LogP contribution in [0.15, 0.2) is 138 Å². The van der Waals surface area contributed by atoms with Crippen molar-refractivity contribution in [3.63, 3.8) is 0 Å². The molecule has 3 unspecified atom stereocenters. The first-order valence-electron chi connectivity index (χ1n) is 20.1. The number of hydrogen-bond donors (Lipinski definition) is 0. The van der Waals surface area contributed by atoms with Crippen molar-refractivity contribution in [1.82, 2.24) is 0 Å². The number of fused-ring (bicyclic) bond motifs is 18. The number of ether oxygens (including phenoxy) is 1. The Morgan fingerprint density at radius 1 is 0.536 bits per heavy atom. The van der Waals surface area contributed by atoms with Crippen molar-refractivity contribution < 1.29 is 9.15 Å². The molecule has 0 radical (unpaired) electrons. The third-order valence-corrected chi connectivity index (χ3v) is 13.2. The van der Waals surface area contributed by atoms with Crippen LogP contribution >= 0.6 is 0 Å². The van der Waals surface area contributed by atoms with Crippen LogP contribution in [0.5, 0.6) is 5.75 Å². The minimum absolute atomic E-state index is 0.0903. The minimum Gasteiger partial charge on any atom is -0.485 e. The van der Waals surface area contributed by atoms with Crippen molar-refractivity contribution in [2.75, 3.05) is 0 Å². The van der Waals surface area contributed by atoms with Gasteiger partial charge in [-0.3, -0.25) is 0 Å². The summed E-state index contributed by atoms with van der Waals surface area (Å²) in [7, 11) is 0. The Hall–Kier alpha value is -6.64. The Morgan fingerprint density at radius 2 is 1.27 bits per heavy atom. The molecule has 56 heavy (non-hydrogen) atoms. The summed E-state index contributed by atoms with van der Waals surface area (Å²) in [6.07, 6.45) is 17.3. The van der Waals surface area contributed by atoms with Gasteiger partial charge in [-0.1, -0.05) is 127 Å². The van der Waals surface area contributed by atoms with E-state index in [1.807, 2.05) is 0 Å². The fourth-order valence-corrected chi connectivity index (χ4v) is 10.5. The van der Waals surface area contributed by atoms with Gasteiger partial charge in [-0.05, 0) is 131 Å². The quantitative estimate of drug-likeness (QED) is 0.166. The maximum Gasteiger partial charge on any atom is 0.135 e. The lowest BCUT2D eigenvalue weighted by molar-refractivity contribution is 0.286. The average molecular weight is 717 g/mol. The summed E-state index contributed by atoms with van der Waals surface area (Å²) in [6, 6.07) is 47.3. The van der Waals surface area contributed by atoms with Gasteiger partial charge in [0.1, 0.15) is 22.9 Å². The minimum atomic E-state index is -0.0903. The molecule has 1 aliphatic heterocycles. The second-order valence-electron chi connectivity index (χ2n) is 16.1. The van der Waals surface area contributed by atoms with Crippen LogP contribution in [0.25, 0.3) is 95.6 Å². The Morgan fingerprint density at radius 3 is 2.11 bits per heavy atom. The van der Waals surface area contributed by atoms with Crippen LogP contribution in [-0.2, 0) is 6.42 Å². The summed E-state index contributed by atoms with van der Waals surface area (Å²) < 4.78 is 13.1. The molecule has 9 aromatic rings. The van der Waals surface area contributed by atoms with Crippen LogP contribution in [-0.4, -0.2) is 6.10 Å². The maximum atomic E-state index is 6.60. The van der Waals surface area contributed by atoms with E-state index in [4.69, 9.17) is 9.15 Å². The summed E-state index contributed by atoms with van der Waals surface area (Å²) in [5, 5.41) is 15.7.